The van der Waals surface area contributed by atoms with E-state index >= 15 is 0 Å². The van der Waals surface area contributed by atoms with Crippen LogP contribution in [0.3, 0.4) is 0 Å². The molecule has 1 aromatic heterocycles. The number of carbonyl (C=O) groups excluding carboxylic acids is 1. The maximum atomic E-state index is 13.0. The number of carbonyl (C=O) groups is 1. The molecule has 1 unspecified atom stereocenters. The summed E-state index contributed by atoms with van der Waals surface area (Å²) in [4.78, 5) is 19.9. The van der Waals surface area contributed by atoms with Crippen molar-refractivity contribution in [2.45, 2.75) is 52.5 Å². The molecule has 0 spiro atoms. The Bertz CT molecular complexity index is 1360. The summed E-state index contributed by atoms with van der Waals surface area (Å²) in [6, 6.07) is 22.7. The van der Waals surface area contributed by atoms with Crippen LogP contribution in [0.15, 0.2) is 66.7 Å². The van der Waals surface area contributed by atoms with E-state index in [1.165, 1.54) is 11.1 Å². The van der Waals surface area contributed by atoms with E-state index in [1.54, 1.807) is 0 Å². The number of unbranched alkanes of at least 4 members (excludes halogenated alkanes) is 1. The Labute approximate surface area is 207 Å². The summed E-state index contributed by atoms with van der Waals surface area (Å²) in [5.41, 5.74) is 6.69. The van der Waals surface area contributed by atoms with E-state index in [-0.39, 0.29) is 11.8 Å². The molecule has 35 heavy (non-hydrogen) atoms. The highest BCUT2D eigenvalue weighted by molar-refractivity contribution is 5.97. The van der Waals surface area contributed by atoms with Crippen LogP contribution >= 0.6 is 0 Å². The van der Waals surface area contributed by atoms with E-state index in [4.69, 9.17) is 9.72 Å². The summed E-state index contributed by atoms with van der Waals surface area (Å²) in [5, 5.41) is 0. The van der Waals surface area contributed by atoms with Gasteiger partial charge in [-0.2, -0.15) is 0 Å². The van der Waals surface area contributed by atoms with Crippen molar-refractivity contribution in [3.05, 3.63) is 89.2 Å². The zero-order valence-electron chi connectivity index (χ0n) is 20.8. The molecule has 1 saturated heterocycles. The molecule has 5 rings (SSSR count). The molecule has 1 aliphatic heterocycles. The van der Waals surface area contributed by atoms with Crippen molar-refractivity contribution in [3.63, 3.8) is 0 Å². The highest BCUT2D eigenvalue weighted by Gasteiger charge is 2.35. The van der Waals surface area contributed by atoms with E-state index in [0.717, 1.165) is 53.2 Å². The minimum atomic E-state index is 0.0842. The molecular formula is C30H33N3O2. The summed E-state index contributed by atoms with van der Waals surface area (Å²) in [6.45, 7) is 8.47. The SMILES string of the molecule is Cc1ccc(OCCCCn2c(C3CC(=O)N(c4ccccc4C)C3)nc3ccccc32)c(C)c1. The molecule has 4 aromatic rings. The van der Waals surface area contributed by atoms with Crippen molar-refractivity contribution in [1.29, 1.82) is 0 Å². The third kappa shape index (κ3) is 4.81. The Morgan fingerprint density at radius 2 is 1.74 bits per heavy atom. The first kappa shape index (κ1) is 23.2. The van der Waals surface area contributed by atoms with Crippen LogP contribution in [0, 0.1) is 20.8 Å². The first-order valence-electron chi connectivity index (χ1n) is 12.5. The number of fused-ring (bicyclic) bond motifs is 1. The highest BCUT2D eigenvalue weighted by atomic mass is 16.5. The predicted molar refractivity (Wildman–Crippen MR) is 141 cm³/mol. The molecular weight excluding hydrogens is 434 g/mol. The lowest BCUT2D eigenvalue weighted by Crippen LogP contribution is -2.25. The molecule has 1 fully saturated rings. The molecule has 0 aliphatic carbocycles. The van der Waals surface area contributed by atoms with Gasteiger partial charge < -0.3 is 14.2 Å². The highest BCUT2D eigenvalue weighted by Crippen LogP contribution is 2.34. The van der Waals surface area contributed by atoms with E-state index < -0.39 is 0 Å². The molecule has 0 radical (unpaired) electrons. The predicted octanol–water partition coefficient (Wildman–Crippen LogP) is 6.34. The standard InChI is InChI=1S/C30H33N3O2/c1-21-14-15-28(23(3)18-21)35-17-9-8-16-32-27-13-7-5-11-25(27)31-30(32)24-19-29(34)33(20-24)26-12-6-4-10-22(26)2/h4-7,10-15,18,24H,8-9,16-17,19-20H2,1-3H3. The fourth-order valence-corrected chi connectivity index (χ4v) is 5.14. The first-order chi connectivity index (χ1) is 17.0. The van der Waals surface area contributed by atoms with E-state index in [2.05, 4.69) is 67.8 Å². The van der Waals surface area contributed by atoms with Gasteiger partial charge in [0, 0.05) is 31.1 Å². The summed E-state index contributed by atoms with van der Waals surface area (Å²) in [7, 11) is 0. The number of aryl methyl sites for hydroxylation is 4. The molecule has 1 aliphatic rings. The maximum Gasteiger partial charge on any atom is 0.227 e. The lowest BCUT2D eigenvalue weighted by atomic mass is 10.1. The first-order valence-corrected chi connectivity index (χ1v) is 12.5. The Balaban J connectivity index is 1.30. The van der Waals surface area contributed by atoms with Gasteiger partial charge in [-0.3, -0.25) is 4.79 Å². The van der Waals surface area contributed by atoms with Crippen LogP contribution in [0.25, 0.3) is 11.0 Å². The molecule has 180 valence electrons. The van der Waals surface area contributed by atoms with Crippen molar-refractivity contribution in [2.75, 3.05) is 18.1 Å². The Kier molecular flexibility index (Phi) is 6.58. The zero-order chi connectivity index (χ0) is 24.4. The lowest BCUT2D eigenvalue weighted by molar-refractivity contribution is -0.117. The average Bonchev–Trinajstić information content (AvgIpc) is 3.41. The normalized spacial score (nSPS) is 15.8. The summed E-state index contributed by atoms with van der Waals surface area (Å²) in [6.07, 6.45) is 2.44. The number of rotatable bonds is 8. The second-order valence-electron chi connectivity index (χ2n) is 9.63. The summed E-state index contributed by atoms with van der Waals surface area (Å²) >= 11 is 0. The molecule has 5 heteroatoms. The minimum Gasteiger partial charge on any atom is -0.493 e. The molecule has 0 bridgehead atoms. The van der Waals surface area contributed by atoms with E-state index in [1.807, 2.05) is 29.2 Å². The zero-order valence-corrected chi connectivity index (χ0v) is 20.8. The van der Waals surface area contributed by atoms with Crippen LogP contribution in [0.5, 0.6) is 5.75 Å². The largest absolute Gasteiger partial charge is 0.493 e. The van der Waals surface area contributed by atoms with Gasteiger partial charge in [0.1, 0.15) is 11.6 Å². The fourth-order valence-electron chi connectivity index (χ4n) is 5.14. The molecule has 0 saturated carbocycles. The molecule has 0 N–H and O–H groups in total. The number of imidazole rings is 1. The Morgan fingerprint density at radius 1 is 0.943 bits per heavy atom. The third-order valence-corrected chi connectivity index (χ3v) is 6.94. The lowest BCUT2D eigenvalue weighted by Gasteiger charge is -2.19. The van der Waals surface area contributed by atoms with Crippen molar-refractivity contribution in [1.82, 2.24) is 9.55 Å². The molecule has 1 amide bonds. The van der Waals surface area contributed by atoms with Crippen LogP contribution in [0.1, 0.15) is 47.7 Å². The monoisotopic (exact) mass is 467 g/mol. The van der Waals surface area contributed by atoms with Gasteiger partial charge in [0.15, 0.2) is 0 Å². The number of ether oxygens (including phenoxy) is 1. The van der Waals surface area contributed by atoms with Crippen molar-refractivity contribution in [2.24, 2.45) is 0 Å². The van der Waals surface area contributed by atoms with Gasteiger partial charge in [-0.15, -0.1) is 0 Å². The van der Waals surface area contributed by atoms with Gasteiger partial charge in [0.2, 0.25) is 5.91 Å². The second-order valence-corrected chi connectivity index (χ2v) is 9.63. The minimum absolute atomic E-state index is 0.0842. The van der Waals surface area contributed by atoms with Crippen molar-refractivity contribution >= 4 is 22.6 Å². The number of amides is 1. The van der Waals surface area contributed by atoms with Crippen LogP contribution in [0.2, 0.25) is 0 Å². The van der Waals surface area contributed by atoms with Gasteiger partial charge in [-0.1, -0.05) is 48.0 Å². The van der Waals surface area contributed by atoms with Gasteiger partial charge in [-0.25, -0.2) is 4.98 Å². The average molecular weight is 468 g/mol. The Hall–Kier alpha value is -3.60. The van der Waals surface area contributed by atoms with Gasteiger partial charge in [0.05, 0.1) is 17.6 Å². The molecule has 3 aromatic carbocycles. The molecule has 1 atom stereocenters. The fraction of sp³-hybridized carbons (Fsp3) is 0.333. The second kappa shape index (κ2) is 9.95. The Morgan fingerprint density at radius 3 is 2.57 bits per heavy atom. The number of anilines is 1. The third-order valence-electron chi connectivity index (χ3n) is 6.94. The van der Waals surface area contributed by atoms with Gasteiger partial charge in [0.25, 0.3) is 0 Å². The van der Waals surface area contributed by atoms with Gasteiger partial charge >= 0.3 is 0 Å². The number of hydrogen-bond donors (Lipinski definition) is 0. The van der Waals surface area contributed by atoms with Crippen LogP contribution in [-0.4, -0.2) is 28.6 Å². The van der Waals surface area contributed by atoms with Gasteiger partial charge in [-0.05, 0) is 69.0 Å². The van der Waals surface area contributed by atoms with E-state index in [9.17, 15) is 4.79 Å². The van der Waals surface area contributed by atoms with Crippen LogP contribution in [-0.2, 0) is 11.3 Å². The smallest absolute Gasteiger partial charge is 0.227 e. The summed E-state index contributed by atoms with van der Waals surface area (Å²) in [5.74, 6) is 2.24. The molecule has 5 nitrogen and oxygen atoms in total. The van der Waals surface area contributed by atoms with E-state index in [0.29, 0.717) is 19.6 Å². The topological polar surface area (TPSA) is 47.4 Å². The number of aromatic nitrogens is 2. The number of para-hydroxylation sites is 3. The van der Waals surface area contributed by atoms with Crippen molar-refractivity contribution < 1.29 is 9.53 Å². The molecule has 2 heterocycles. The number of benzene rings is 3. The van der Waals surface area contributed by atoms with Crippen molar-refractivity contribution in [3.8, 4) is 5.75 Å². The number of hydrogen-bond acceptors (Lipinski definition) is 3. The maximum absolute atomic E-state index is 13.0. The number of nitrogens with zero attached hydrogens (tertiary/aromatic N) is 3. The quantitative estimate of drug-likeness (QED) is 0.284. The van der Waals surface area contributed by atoms with Crippen LogP contribution < -0.4 is 9.64 Å². The summed E-state index contributed by atoms with van der Waals surface area (Å²) < 4.78 is 8.37. The van der Waals surface area contributed by atoms with Crippen LogP contribution in [0.4, 0.5) is 5.69 Å².